The standard InChI is InChI=1S/C12H15FN2O2/c1-14(2)8-3-4-10(11(13)5-8)12(17)15-6-9(16)7-15/h3-5,9,16H,6-7H2,1-2H3. The van der Waals surface area contributed by atoms with Crippen molar-refractivity contribution in [3.05, 3.63) is 29.6 Å². The summed E-state index contributed by atoms with van der Waals surface area (Å²) in [6.45, 7) is 0.571. The number of β-amino-alcohol motifs (C(OH)–C–C–N with tert-alkyl or cyclic N) is 1. The van der Waals surface area contributed by atoms with Gasteiger partial charge in [-0.1, -0.05) is 0 Å². The van der Waals surface area contributed by atoms with Gasteiger partial charge in [0.1, 0.15) is 5.82 Å². The zero-order chi connectivity index (χ0) is 12.6. The molecule has 0 atom stereocenters. The highest BCUT2D eigenvalue weighted by atomic mass is 19.1. The Hall–Kier alpha value is -1.62. The van der Waals surface area contributed by atoms with Crippen molar-refractivity contribution in [2.24, 2.45) is 0 Å². The lowest BCUT2D eigenvalue weighted by molar-refractivity contribution is 0.00559. The fraction of sp³-hybridized carbons (Fsp3) is 0.417. The molecule has 1 aromatic rings. The van der Waals surface area contributed by atoms with Gasteiger partial charge in [0.2, 0.25) is 0 Å². The van der Waals surface area contributed by atoms with Crippen molar-refractivity contribution in [1.29, 1.82) is 0 Å². The highest BCUT2D eigenvalue weighted by Crippen LogP contribution is 2.20. The van der Waals surface area contributed by atoms with Gasteiger partial charge in [-0.25, -0.2) is 4.39 Å². The Balaban J connectivity index is 2.19. The third-order valence-corrected chi connectivity index (χ3v) is 2.85. The number of rotatable bonds is 2. The predicted octanol–water partition coefficient (Wildman–Crippen LogP) is 0.708. The molecule has 4 nitrogen and oxygen atoms in total. The van der Waals surface area contributed by atoms with E-state index in [1.807, 2.05) is 14.1 Å². The molecule has 1 aliphatic rings. The van der Waals surface area contributed by atoms with Gasteiger partial charge in [0, 0.05) is 32.9 Å². The summed E-state index contributed by atoms with van der Waals surface area (Å²) >= 11 is 0. The summed E-state index contributed by atoms with van der Waals surface area (Å²) in [5.41, 5.74) is 0.769. The van der Waals surface area contributed by atoms with Crippen molar-refractivity contribution >= 4 is 11.6 Å². The Bertz CT molecular complexity index is 442. The van der Waals surface area contributed by atoms with Gasteiger partial charge in [0.25, 0.3) is 5.91 Å². The molecule has 1 saturated heterocycles. The predicted molar refractivity (Wildman–Crippen MR) is 62.6 cm³/mol. The second-order valence-electron chi connectivity index (χ2n) is 4.42. The van der Waals surface area contributed by atoms with Gasteiger partial charge in [-0.05, 0) is 18.2 Å². The third kappa shape index (κ3) is 2.24. The maximum Gasteiger partial charge on any atom is 0.257 e. The van der Waals surface area contributed by atoms with Crippen LogP contribution < -0.4 is 4.90 Å². The van der Waals surface area contributed by atoms with Gasteiger partial charge < -0.3 is 14.9 Å². The molecule has 1 heterocycles. The fourth-order valence-corrected chi connectivity index (χ4v) is 1.75. The van der Waals surface area contributed by atoms with E-state index >= 15 is 0 Å². The highest BCUT2D eigenvalue weighted by molar-refractivity contribution is 5.95. The normalized spacial score (nSPS) is 15.6. The Labute approximate surface area is 99.3 Å². The topological polar surface area (TPSA) is 43.8 Å². The SMILES string of the molecule is CN(C)c1ccc(C(=O)N2CC(O)C2)c(F)c1. The van der Waals surface area contributed by atoms with Crippen molar-refractivity contribution in [2.45, 2.75) is 6.10 Å². The number of amides is 1. The lowest BCUT2D eigenvalue weighted by Crippen LogP contribution is -2.53. The molecular formula is C12H15FN2O2. The minimum absolute atomic E-state index is 0.0579. The first-order valence-corrected chi connectivity index (χ1v) is 5.43. The lowest BCUT2D eigenvalue weighted by atomic mass is 10.1. The van der Waals surface area contributed by atoms with E-state index < -0.39 is 11.9 Å². The first kappa shape index (κ1) is 11.9. The van der Waals surface area contributed by atoms with Crippen molar-refractivity contribution in [3.8, 4) is 0 Å². The minimum Gasteiger partial charge on any atom is -0.389 e. The van der Waals surface area contributed by atoms with E-state index in [9.17, 15) is 9.18 Å². The summed E-state index contributed by atoms with van der Waals surface area (Å²) in [5.74, 6) is -0.888. The number of hydrogen-bond donors (Lipinski definition) is 1. The van der Waals surface area contributed by atoms with Crippen LogP contribution >= 0.6 is 0 Å². The second-order valence-corrected chi connectivity index (χ2v) is 4.42. The molecule has 1 amide bonds. The van der Waals surface area contributed by atoms with Crippen LogP contribution in [0.2, 0.25) is 0 Å². The maximum atomic E-state index is 13.7. The van der Waals surface area contributed by atoms with Crippen LogP contribution in [0.4, 0.5) is 10.1 Å². The van der Waals surface area contributed by atoms with Gasteiger partial charge in [-0.15, -0.1) is 0 Å². The van der Waals surface area contributed by atoms with Crippen molar-refractivity contribution in [3.63, 3.8) is 0 Å². The number of halogens is 1. The number of likely N-dealkylation sites (tertiary alicyclic amines) is 1. The number of carbonyl (C=O) groups is 1. The summed E-state index contributed by atoms with van der Waals surface area (Å²) in [6, 6.07) is 4.52. The number of aliphatic hydroxyl groups excluding tert-OH is 1. The van der Waals surface area contributed by atoms with Crippen LogP contribution in [0.3, 0.4) is 0 Å². The average molecular weight is 238 g/mol. The van der Waals surface area contributed by atoms with E-state index in [2.05, 4.69) is 0 Å². The molecule has 1 fully saturated rings. The summed E-state index contributed by atoms with van der Waals surface area (Å²) in [7, 11) is 3.62. The van der Waals surface area contributed by atoms with Crippen molar-refractivity contribution < 1.29 is 14.3 Å². The lowest BCUT2D eigenvalue weighted by Gasteiger charge is -2.36. The molecule has 1 N–H and O–H groups in total. The summed E-state index contributed by atoms with van der Waals surface area (Å²) in [4.78, 5) is 15.0. The molecule has 0 bridgehead atoms. The molecule has 0 aliphatic carbocycles. The molecule has 0 aromatic heterocycles. The molecule has 2 rings (SSSR count). The third-order valence-electron chi connectivity index (χ3n) is 2.85. The molecule has 0 spiro atoms. The monoisotopic (exact) mass is 238 g/mol. The molecular weight excluding hydrogens is 223 g/mol. The van der Waals surface area contributed by atoms with E-state index in [4.69, 9.17) is 5.11 Å². The smallest absolute Gasteiger partial charge is 0.257 e. The Morgan fingerprint density at radius 2 is 2.12 bits per heavy atom. The summed E-state index contributed by atoms with van der Waals surface area (Å²) in [6.07, 6.45) is -0.469. The van der Waals surface area contributed by atoms with E-state index in [-0.39, 0.29) is 24.6 Å². The van der Waals surface area contributed by atoms with Gasteiger partial charge in [0.05, 0.1) is 11.7 Å². The number of hydrogen-bond acceptors (Lipinski definition) is 3. The number of aliphatic hydroxyl groups is 1. The number of anilines is 1. The largest absolute Gasteiger partial charge is 0.389 e. The summed E-state index contributed by atoms with van der Waals surface area (Å²) < 4.78 is 13.7. The Morgan fingerprint density at radius 1 is 1.47 bits per heavy atom. The van der Waals surface area contributed by atoms with Gasteiger partial charge in [-0.2, -0.15) is 0 Å². The number of carbonyl (C=O) groups excluding carboxylic acids is 1. The molecule has 92 valence electrons. The summed E-state index contributed by atoms with van der Waals surface area (Å²) in [5, 5.41) is 9.11. The van der Waals surface area contributed by atoms with Crippen LogP contribution in [-0.2, 0) is 0 Å². The maximum absolute atomic E-state index is 13.7. The molecule has 0 radical (unpaired) electrons. The quantitative estimate of drug-likeness (QED) is 0.825. The number of nitrogens with zero attached hydrogens (tertiary/aromatic N) is 2. The average Bonchev–Trinajstić information content (AvgIpc) is 2.23. The van der Waals surface area contributed by atoms with Gasteiger partial charge in [-0.3, -0.25) is 4.79 Å². The van der Waals surface area contributed by atoms with Crippen LogP contribution in [0.25, 0.3) is 0 Å². The number of benzene rings is 1. The zero-order valence-corrected chi connectivity index (χ0v) is 9.85. The Morgan fingerprint density at radius 3 is 2.59 bits per heavy atom. The zero-order valence-electron chi connectivity index (χ0n) is 9.85. The van der Waals surface area contributed by atoms with E-state index in [1.165, 1.54) is 17.0 Å². The van der Waals surface area contributed by atoms with Crippen LogP contribution in [0.5, 0.6) is 0 Å². The fourth-order valence-electron chi connectivity index (χ4n) is 1.75. The van der Waals surface area contributed by atoms with Crippen LogP contribution in [0.1, 0.15) is 10.4 Å². The van der Waals surface area contributed by atoms with E-state index in [0.717, 1.165) is 0 Å². The van der Waals surface area contributed by atoms with Crippen molar-refractivity contribution in [1.82, 2.24) is 4.90 Å². The van der Waals surface area contributed by atoms with Gasteiger partial charge >= 0.3 is 0 Å². The van der Waals surface area contributed by atoms with Crippen LogP contribution in [0, 0.1) is 5.82 Å². The van der Waals surface area contributed by atoms with E-state index in [1.54, 1.807) is 11.0 Å². The van der Waals surface area contributed by atoms with E-state index in [0.29, 0.717) is 5.69 Å². The first-order valence-electron chi connectivity index (χ1n) is 5.43. The van der Waals surface area contributed by atoms with Crippen LogP contribution in [-0.4, -0.2) is 49.2 Å². The molecule has 0 saturated carbocycles. The van der Waals surface area contributed by atoms with Crippen LogP contribution in [0.15, 0.2) is 18.2 Å². The molecule has 5 heteroatoms. The van der Waals surface area contributed by atoms with Gasteiger partial charge in [0.15, 0.2) is 0 Å². The first-order chi connectivity index (χ1) is 7.99. The second kappa shape index (κ2) is 4.33. The molecule has 1 aliphatic heterocycles. The molecule has 17 heavy (non-hydrogen) atoms. The Kier molecular flexibility index (Phi) is 3.02. The highest BCUT2D eigenvalue weighted by Gasteiger charge is 2.30. The molecule has 1 aromatic carbocycles. The van der Waals surface area contributed by atoms with Crippen molar-refractivity contribution in [2.75, 3.05) is 32.1 Å². The minimum atomic E-state index is -0.525. The molecule has 0 unspecified atom stereocenters.